The van der Waals surface area contributed by atoms with E-state index in [0.29, 0.717) is 48.2 Å². The average Bonchev–Trinajstić information content (AvgIpc) is 2.76. The number of sulfonamides is 1. The van der Waals surface area contributed by atoms with Crippen molar-refractivity contribution in [3.63, 3.8) is 0 Å². The molecule has 180 valence electrons. The zero-order valence-electron chi connectivity index (χ0n) is 17.9. The number of carbonyl (C=O) groups is 1. The zero-order chi connectivity index (χ0) is 23.8. The molecule has 0 bridgehead atoms. The molecule has 1 aromatic heterocycles. The Hall–Kier alpha value is -2.31. The Labute approximate surface area is 200 Å². The Bertz CT molecular complexity index is 1040. The van der Waals surface area contributed by atoms with Gasteiger partial charge in [0.15, 0.2) is 0 Å². The molecule has 1 amide bonds. The first kappa shape index (κ1) is 25.3. The Morgan fingerprint density at radius 3 is 2.64 bits per heavy atom. The third-order valence-electron chi connectivity index (χ3n) is 5.29. The van der Waals surface area contributed by atoms with Gasteiger partial charge in [0.1, 0.15) is 23.5 Å². The lowest BCUT2D eigenvalue weighted by molar-refractivity contribution is 0.134. The predicted molar refractivity (Wildman–Crippen MR) is 123 cm³/mol. The normalized spacial score (nSPS) is 16.3. The lowest BCUT2D eigenvalue weighted by Gasteiger charge is -2.32. The van der Waals surface area contributed by atoms with Crippen LogP contribution in [0.4, 0.5) is 9.18 Å². The van der Waals surface area contributed by atoms with Crippen LogP contribution < -0.4 is 10.1 Å². The molecule has 1 aliphatic heterocycles. The number of rotatable bonds is 10. The number of hydrogen-bond acceptors (Lipinski definition) is 6. The molecule has 33 heavy (non-hydrogen) atoms. The second kappa shape index (κ2) is 11.7. The molecule has 0 aliphatic carbocycles. The molecule has 3 rings (SSSR count). The monoisotopic (exact) mass is 544 g/mol. The largest absolute Gasteiger partial charge is 0.489 e. The summed E-state index contributed by atoms with van der Waals surface area (Å²) >= 11 is 3.27. The average molecular weight is 545 g/mol. The molecule has 2 aromatic rings. The van der Waals surface area contributed by atoms with E-state index < -0.39 is 22.2 Å². The number of carboxylic acid groups (broad SMARTS) is 1. The van der Waals surface area contributed by atoms with E-state index in [1.165, 1.54) is 22.5 Å². The van der Waals surface area contributed by atoms with Gasteiger partial charge in [0.2, 0.25) is 10.0 Å². The molecule has 1 atom stereocenters. The standard InChI is InChI=1S/C21H26BrFN4O5S/c22-18-13-15(23)5-6-19(18)32-17-7-11-27(12-8-17)33(30,31)14-16(26-21(28)29)3-1-4-20-24-9-2-10-25-20/h2,5-6,9-10,13,16-17,26H,1,3-4,7-8,11-12,14H2,(H,28,29)/t16-/m1/s1. The Kier molecular flexibility index (Phi) is 8.98. The first-order valence-corrected chi connectivity index (χ1v) is 13.0. The van der Waals surface area contributed by atoms with Gasteiger partial charge in [-0.05, 0) is 65.9 Å². The predicted octanol–water partition coefficient (Wildman–Crippen LogP) is 3.21. The van der Waals surface area contributed by atoms with Crippen molar-refractivity contribution in [3.8, 4) is 5.75 Å². The summed E-state index contributed by atoms with van der Waals surface area (Å²) in [5.41, 5.74) is 0. The summed E-state index contributed by atoms with van der Waals surface area (Å²) in [6.45, 7) is 0.535. The Balaban J connectivity index is 1.52. The first-order chi connectivity index (χ1) is 15.7. The van der Waals surface area contributed by atoms with E-state index in [2.05, 4.69) is 31.2 Å². The van der Waals surface area contributed by atoms with Gasteiger partial charge in [0.25, 0.3) is 0 Å². The molecule has 1 saturated heterocycles. The number of hydrogen-bond donors (Lipinski definition) is 2. The minimum atomic E-state index is -3.67. The van der Waals surface area contributed by atoms with Crippen LogP contribution in [-0.4, -0.2) is 64.9 Å². The van der Waals surface area contributed by atoms with Crippen molar-refractivity contribution in [2.24, 2.45) is 0 Å². The van der Waals surface area contributed by atoms with Gasteiger partial charge in [-0.3, -0.25) is 0 Å². The van der Waals surface area contributed by atoms with Crippen LogP contribution in [0.2, 0.25) is 0 Å². The molecule has 0 radical (unpaired) electrons. The van der Waals surface area contributed by atoms with E-state index in [0.717, 1.165) is 0 Å². The van der Waals surface area contributed by atoms with Gasteiger partial charge in [0, 0.05) is 37.9 Å². The van der Waals surface area contributed by atoms with Crippen molar-refractivity contribution in [1.82, 2.24) is 19.6 Å². The van der Waals surface area contributed by atoms with Crippen LogP contribution in [-0.2, 0) is 16.4 Å². The smallest absolute Gasteiger partial charge is 0.404 e. The van der Waals surface area contributed by atoms with Gasteiger partial charge in [-0.1, -0.05) is 0 Å². The van der Waals surface area contributed by atoms with Crippen LogP contribution in [0, 0.1) is 5.82 Å². The van der Waals surface area contributed by atoms with Crippen LogP contribution in [0.3, 0.4) is 0 Å². The summed E-state index contributed by atoms with van der Waals surface area (Å²) in [5.74, 6) is 0.440. The summed E-state index contributed by atoms with van der Waals surface area (Å²) in [6, 6.07) is 5.12. The maximum absolute atomic E-state index is 13.2. The molecule has 1 aromatic carbocycles. The molecule has 2 heterocycles. The number of aromatic nitrogens is 2. The SMILES string of the molecule is O=C(O)N[C@H](CCCc1ncccn1)CS(=O)(=O)N1CCC(Oc2ccc(F)cc2Br)CC1. The maximum atomic E-state index is 13.2. The van der Waals surface area contributed by atoms with Crippen LogP contribution in [0.5, 0.6) is 5.75 Å². The van der Waals surface area contributed by atoms with Crippen molar-refractivity contribution >= 4 is 32.0 Å². The van der Waals surface area contributed by atoms with Gasteiger partial charge in [-0.15, -0.1) is 0 Å². The molecule has 0 unspecified atom stereocenters. The number of ether oxygens (including phenoxy) is 1. The molecule has 0 saturated carbocycles. The topological polar surface area (TPSA) is 122 Å². The third kappa shape index (κ3) is 7.90. The van der Waals surface area contributed by atoms with Crippen LogP contribution in [0.1, 0.15) is 31.5 Å². The highest BCUT2D eigenvalue weighted by atomic mass is 79.9. The molecular weight excluding hydrogens is 519 g/mol. The fourth-order valence-corrected chi connectivity index (χ4v) is 5.86. The quantitative estimate of drug-likeness (QED) is 0.470. The van der Waals surface area contributed by atoms with Crippen molar-refractivity contribution < 1.29 is 27.4 Å². The summed E-state index contributed by atoms with van der Waals surface area (Å²) in [5, 5.41) is 11.5. The molecule has 2 N–H and O–H groups in total. The van der Waals surface area contributed by atoms with E-state index in [9.17, 15) is 17.6 Å². The maximum Gasteiger partial charge on any atom is 0.404 e. The minimum absolute atomic E-state index is 0.197. The van der Waals surface area contributed by atoms with E-state index in [4.69, 9.17) is 9.84 Å². The van der Waals surface area contributed by atoms with Gasteiger partial charge >= 0.3 is 6.09 Å². The summed E-state index contributed by atoms with van der Waals surface area (Å²) in [7, 11) is -3.67. The number of aryl methyl sites for hydroxylation is 1. The summed E-state index contributed by atoms with van der Waals surface area (Å²) in [4.78, 5) is 19.4. The minimum Gasteiger partial charge on any atom is -0.489 e. The number of nitrogens with one attached hydrogen (secondary N) is 1. The summed E-state index contributed by atoms with van der Waals surface area (Å²) < 4.78 is 46.9. The number of nitrogens with zero attached hydrogens (tertiary/aromatic N) is 3. The molecule has 12 heteroatoms. The highest BCUT2D eigenvalue weighted by Gasteiger charge is 2.31. The molecule has 0 spiro atoms. The number of benzene rings is 1. The molecule has 1 aliphatic rings. The second-order valence-electron chi connectivity index (χ2n) is 7.77. The van der Waals surface area contributed by atoms with Crippen molar-refractivity contribution in [2.45, 2.75) is 44.2 Å². The zero-order valence-corrected chi connectivity index (χ0v) is 20.3. The number of piperidine rings is 1. The van der Waals surface area contributed by atoms with Crippen molar-refractivity contribution in [1.29, 1.82) is 0 Å². The lowest BCUT2D eigenvalue weighted by Crippen LogP contribution is -2.47. The van der Waals surface area contributed by atoms with Gasteiger partial charge in [0.05, 0.1) is 10.2 Å². The fourth-order valence-electron chi connectivity index (χ4n) is 3.68. The van der Waals surface area contributed by atoms with Gasteiger partial charge in [-0.25, -0.2) is 31.9 Å². The first-order valence-electron chi connectivity index (χ1n) is 10.6. The summed E-state index contributed by atoms with van der Waals surface area (Å²) in [6.07, 6.45) is 4.18. The van der Waals surface area contributed by atoms with E-state index in [1.54, 1.807) is 18.5 Å². The van der Waals surface area contributed by atoms with Crippen molar-refractivity contribution in [2.75, 3.05) is 18.8 Å². The Morgan fingerprint density at radius 2 is 2.00 bits per heavy atom. The van der Waals surface area contributed by atoms with Gasteiger partial charge in [-0.2, -0.15) is 0 Å². The Morgan fingerprint density at radius 1 is 1.30 bits per heavy atom. The van der Waals surface area contributed by atoms with Crippen LogP contribution >= 0.6 is 15.9 Å². The van der Waals surface area contributed by atoms with Gasteiger partial charge < -0.3 is 15.2 Å². The van der Waals surface area contributed by atoms with E-state index >= 15 is 0 Å². The van der Waals surface area contributed by atoms with Crippen LogP contribution in [0.15, 0.2) is 41.1 Å². The highest BCUT2D eigenvalue weighted by Crippen LogP contribution is 2.29. The van der Waals surface area contributed by atoms with Crippen molar-refractivity contribution in [3.05, 3.63) is 52.8 Å². The fraction of sp³-hybridized carbons (Fsp3) is 0.476. The molecule has 1 fully saturated rings. The number of halogens is 2. The molecule has 9 nitrogen and oxygen atoms in total. The van der Waals surface area contributed by atoms with E-state index in [-0.39, 0.29) is 30.8 Å². The van der Waals surface area contributed by atoms with E-state index in [1.807, 2.05) is 0 Å². The van der Waals surface area contributed by atoms with Crippen LogP contribution in [0.25, 0.3) is 0 Å². The number of amides is 1. The highest BCUT2D eigenvalue weighted by molar-refractivity contribution is 9.10. The second-order valence-corrected chi connectivity index (χ2v) is 10.6. The third-order valence-corrected chi connectivity index (χ3v) is 7.89. The lowest BCUT2D eigenvalue weighted by atomic mass is 10.1. The molecular formula is C21H26BrFN4O5S.